The molecule has 7 saturated heterocycles. The molecule has 0 aliphatic carbocycles. The van der Waals surface area contributed by atoms with Gasteiger partial charge in [0.05, 0.1) is 82.8 Å². The molecular weight excluding hydrogens is 1150 g/mol. The highest BCUT2D eigenvalue weighted by Crippen LogP contribution is 2.41. The van der Waals surface area contributed by atoms with Crippen LogP contribution in [0.2, 0.25) is 0 Å². The van der Waals surface area contributed by atoms with Gasteiger partial charge in [-0.2, -0.15) is 0 Å². The van der Waals surface area contributed by atoms with E-state index in [1.807, 2.05) is 0 Å². The minimum Gasteiger partial charge on any atom is -0.477 e. The molecule has 7 aliphatic heterocycles. The molecule has 0 aromatic heterocycles. The van der Waals surface area contributed by atoms with Crippen molar-refractivity contribution in [2.45, 2.75) is 236 Å². The molecule has 0 saturated carbocycles. The molecule has 0 amide bonds. The molecule has 14 unspecified atom stereocenters. The second kappa shape index (κ2) is 29.4. The molecular formula is C49H85NO34. The standard InChI is InChI=1S/C49H85NO34/c1-13-16(4)73-21(9-54)37(26(13)59)79-43-14(2)27(60)38(22(10-55)76-43)80-45-35(68)33(66)31(64)24(78-45)12-72-47-42(34(67)30(63)19(7-52)75-47)82-44-15(3)28(61)39(23(11-56)77-44)81-46-36(69)41(32(65)20(8-53)74-46)84-49(48(70)71)5-17(57)25(50)40(83-49)29(62)18(58)6-51/h13-47,51-69H,5-12,50H2,1-4H3,(H,70,71)/t13?,14?,15?,16-,17+,18+,19?,20?,21?,22?,23-,24?,25+,26+,27+,28?,29+,30+,31+,32-,33?,34?,35?,36-,37+,38+,39+,40?,41?,42+,43-,44-,45-,46-,47-,49-/m0/s1. The Morgan fingerprint density at radius 1 is 0.488 bits per heavy atom. The van der Waals surface area contributed by atoms with E-state index in [-0.39, 0.29) is 0 Å². The fraction of sp³-hybridized carbons (Fsp3) is 0.980. The highest BCUT2D eigenvalue weighted by molar-refractivity contribution is 5.76. The molecule has 36 atom stereocenters. The van der Waals surface area contributed by atoms with E-state index in [1.165, 1.54) is 13.8 Å². The van der Waals surface area contributed by atoms with E-state index >= 15 is 0 Å². The third-order valence-corrected chi connectivity index (χ3v) is 17.0. The first-order valence-electron chi connectivity index (χ1n) is 27.6. The number of aliphatic hydroxyl groups is 19. The van der Waals surface area contributed by atoms with Crippen molar-refractivity contribution in [3.8, 4) is 0 Å². The van der Waals surface area contributed by atoms with E-state index < -0.39 is 278 Å². The van der Waals surface area contributed by atoms with Crippen molar-refractivity contribution in [3.63, 3.8) is 0 Å². The normalized spacial score (nSPS) is 51.3. The minimum atomic E-state index is -3.07. The van der Waals surface area contributed by atoms with Gasteiger partial charge in [-0.1, -0.05) is 20.8 Å². The van der Waals surface area contributed by atoms with E-state index in [1.54, 1.807) is 13.8 Å². The molecule has 7 aliphatic rings. The molecule has 0 aromatic carbocycles. The van der Waals surface area contributed by atoms with Gasteiger partial charge >= 0.3 is 5.97 Å². The van der Waals surface area contributed by atoms with Crippen molar-refractivity contribution in [2.75, 3.05) is 46.2 Å². The lowest BCUT2D eigenvalue weighted by atomic mass is 9.88. The maximum Gasteiger partial charge on any atom is 0.364 e. The minimum absolute atomic E-state index is 0.440. The summed E-state index contributed by atoms with van der Waals surface area (Å²) < 4.78 is 76.0. The molecule has 22 N–H and O–H groups in total. The summed E-state index contributed by atoms with van der Waals surface area (Å²) in [4.78, 5) is 12.8. The van der Waals surface area contributed by atoms with E-state index in [4.69, 9.17) is 67.3 Å². The number of nitrogens with two attached hydrogens (primary N) is 1. The number of carboxylic acid groups (broad SMARTS) is 1. The molecule has 0 spiro atoms. The van der Waals surface area contributed by atoms with Gasteiger partial charge in [-0.3, -0.25) is 0 Å². The zero-order valence-electron chi connectivity index (χ0n) is 46.1. The molecule has 490 valence electrons. The summed E-state index contributed by atoms with van der Waals surface area (Å²) in [7, 11) is 0. The van der Waals surface area contributed by atoms with Crippen LogP contribution in [0.15, 0.2) is 0 Å². The molecule has 7 heterocycles. The van der Waals surface area contributed by atoms with E-state index in [9.17, 15) is 107 Å². The van der Waals surface area contributed by atoms with Gasteiger partial charge in [0, 0.05) is 24.2 Å². The highest BCUT2D eigenvalue weighted by Gasteiger charge is 2.61. The monoisotopic (exact) mass is 1230 g/mol. The smallest absolute Gasteiger partial charge is 0.364 e. The van der Waals surface area contributed by atoms with Gasteiger partial charge in [-0.05, 0) is 6.92 Å². The first-order valence-corrected chi connectivity index (χ1v) is 27.6. The second-order valence-electron chi connectivity index (χ2n) is 22.5. The topological polar surface area (TPSA) is 568 Å². The Hall–Kier alpha value is -1.85. The Morgan fingerprint density at radius 3 is 1.43 bits per heavy atom. The van der Waals surface area contributed by atoms with Gasteiger partial charge in [-0.25, -0.2) is 4.79 Å². The van der Waals surface area contributed by atoms with E-state index in [2.05, 4.69) is 0 Å². The summed E-state index contributed by atoms with van der Waals surface area (Å²) in [5.41, 5.74) is 5.95. The van der Waals surface area contributed by atoms with Gasteiger partial charge < -0.3 is 169 Å². The Bertz CT molecular complexity index is 2040. The summed E-state index contributed by atoms with van der Waals surface area (Å²) in [6.07, 6.45) is -54.7. The molecule has 0 aromatic rings. The number of carboxylic acids is 1. The predicted octanol–water partition coefficient (Wildman–Crippen LogP) is -12.2. The third kappa shape index (κ3) is 14.2. The van der Waals surface area contributed by atoms with Gasteiger partial charge in [0.15, 0.2) is 31.5 Å². The average molecular weight is 1230 g/mol. The van der Waals surface area contributed by atoms with Gasteiger partial charge in [0.25, 0.3) is 5.79 Å². The average Bonchev–Trinajstić information content (AvgIpc) is 1.71. The largest absolute Gasteiger partial charge is 0.477 e. The fourth-order valence-corrected chi connectivity index (χ4v) is 11.3. The predicted molar refractivity (Wildman–Crippen MR) is 264 cm³/mol. The maximum atomic E-state index is 12.8. The Balaban J connectivity index is 1.03. The van der Waals surface area contributed by atoms with Gasteiger partial charge in [0.1, 0.15) is 128 Å². The van der Waals surface area contributed by atoms with E-state index in [0.717, 1.165) is 0 Å². The lowest BCUT2D eigenvalue weighted by Gasteiger charge is -2.50. The van der Waals surface area contributed by atoms with Crippen LogP contribution >= 0.6 is 0 Å². The Morgan fingerprint density at radius 2 is 0.917 bits per heavy atom. The van der Waals surface area contributed by atoms with Gasteiger partial charge in [-0.15, -0.1) is 0 Å². The van der Waals surface area contributed by atoms with Crippen molar-refractivity contribution < 1.29 is 169 Å². The zero-order valence-corrected chi connectivity index (χ0v) is 46.1. The molecule has 0 radical (unpaired) electrons. The zero-order chi connectivity index (χ0) is 62.1. The lowest BCUT2D eigenvalue weighted by Crippen LogP contribution is -2.70. The van der Waals surface area contributed by atoms with Crippen LogP contribution in [-0.4, -0.2) is 356 Å². The summed E-state index contributed by atoms with van der Waals surface area (Å²) in [5.74, 6) is -7.82. The van der Waals surface area contributed by atoms with E-state index in [0.29, 0.717) is 0 Å². The molecule has 7 fully saturated rings. The maximum absolute atomic E-state index is 12.8. The number of hydrogen-bond acceptors (Lipinski definition) is 34. The number of carbonyl (C=O) groups is 1. The Labute approximate surface area is 479 Å². The number of aliphatic carboxylic acids is 1. The van der Waals surface area contributed by atoms with Crippen LogP contribution in [0.25, 0.3) is 0 Å². The van der Waals surface area contributed by atoms with Crippen LogP contribution in [-0.2, 0) is 66.4 Å². The molecule has 0 bridgehead atoms. The number of aliphatic hydroxyl groups excluding tert-OH is 19. The van der Waals surface area contributed by atoms with Crippen LogP contribution in [0.3, 0.4) is 0 Å². The molecule has 35 nitrogen and oxygen atoms in total. The quantitative estimate of drug-likeness (QED) is 0.0479. The number of ether oxygens (including phenoxy) is 13. The summed E-state index contributed by atoms with van der Waals surface area (Å²) in [5, 5.41) is 215. The Kier molecular flexibility index (Phi) is 24.4. The highest BCUT2D eigenvalue weighted by atomic mass is 16.8. The molecule has 35 heteroatoms. The van der Waals surface area contributed by atoms with Crippen LogP contribution in [0.5, 0.6) is 0 Å². The van der Waals surface area contributed by atoms with Gasteiger partial charge in [0.2, 0.25) is 0 Å². The summed E-state index contributed by atoms with van der Waals surface area (Å²) >= 11 is 0. The van der Waals surface area contributed by atoms with Crippen LogP contribution in [0, 0.1) is 17.8 Å². The lowest BCUT2D eigenvalue weighted by molar-refractivity contribution is -0.393. The first-order chi connectivity index (χ1) is 39.6. The van der Waals surface area contributed by atoms with Crippen molar-refractivity contribution in [1.29, 1.82) is 0 Å². The van der Waals surface area contributed by atoms with Crippen LogP contribution in [0.4, 0.5) is 0 Å². The van der Waals surface area contributed by atoms with Crippen molar-refractivity contribution in [3.05, 3.63) is 0 Å². The van der Waals surface area contributed by atoms with Crippen molar-refractivity contribution >= 4 is 5.97 Å². The fourth-order valence-electron chi connectivity index (χ4n) is 11.3. The second-order valence-corrected chi connectivity index (χ2v) is 22.5. The molecule has 7 rings (SSSR count). The first kappa shape index (κ1) is 69.6. The number of hydrogen-bond donors (Lipinski definition) is 21. The number of rotatable bonds is 22. The summed E-state index contributed by atoms with van der Waals surface area (Å²) in [6.45, 7) is -0.0167. The summed E-state index contributed by atoms with van der Waals surface area (Å²) in [6, 6.07) is -1.58. The third-order valence-electron chi connectivity index (χ3n) is 17.0. The van der Waals surface area contributed by atoms with Crippen LogP contribution in [0.1, 0.15) is 34.1 Å². The molecule has 84 heavy (non-hydrogen) atoms. The van der Waals surface area contributed by atoms with Crippen molar-refractivity contribution in [2.24, 2.45) is 23.5 Å². The SMILES string of the molecule is CC1C(O)[C@H](O[C@@H]2OC(CO)[C@H](O)C(O[C@]3(C(=O)O)C[C@@H](O)[C@@H](N)C([C@H](O)[C@H](O)CO)O3)[C@@H]2O)[C@H](CO)O[C@H]1O[C@@H]1C(O)[C@H](O)C(CO)O[C@@H]1OCC1O[C@@H](O[C@@H]2C(CO)O[C@@H](O[C@@H]3C(CO)O[C@@H](C)C(C)[C@H]3O)C(C)[C@H]2O)C(O)C(O)[C@@H]1O. The van der Waals surface area contributed by atoms with Crippen LogP contribution < -0.4 is 5.73 Å². The van der Waals surface area contributed by atoms with Crippen molar-refractivity contribution in [1.82, 2.24) is 0 Å².